The van der Waals surface area contributed by atoms with Crippen molar-refractivity contribution in [1.82, 2.24) is 10.2 Å². The zero-order chi connectivity index (χ0) is 21.9. The van der Waals surface area contributed by atoms with Gasteiger partial charge in [-0.25, -0.2) is 0 Å². The number of benzene rings is 2. The van der Waals surface area contributed by atoms with E-state index in [1.165, 1.54) is 0 Å². The van der Waals surface area contributed by atoms with Crippen LogP contribution in [0.3, 0.4) is 0 Å². The normalized spacial score (nSPS) is 11.5. The van der Waals surface area contributed by atoms with Gasteiger partial charge in [-0.1, -0.05) is 29.8 Å². The monoisotopic (exact) mass is 412 g/mol. The molecule has 2 aromatic carbocycles. The maximum absolute atomic E-state index is 13.0. The van der Waals surface area contributed by atoms with E-state index in [-0.39, 0.29) is 11.8 Å². The Morgan fingerprint density at radius 1 is 1.10 bits per heavy atom. The minimum atomic E-state index is -0.541. The van der Waals surface area contributed by atoms with E-state index in [0.29, 0.717) is 32.5 Å². The van der Waals surface area contributed by atoms with Crippen molar-refractivity contribution in [3.63, 3.8) is 0 Å². The fraction of sp³-hybridized carbons (Fsp3) is 0.417. The van der Waals surface area contributed by atoms with Crippen LogP contribution < -0.4 is 14.8 Å². The highest BCUT2D eigenvalue weighted by Crippen LogP contribution is 2.18. The number of likely N-dealkylation sites (N-methyl/N-ethyl adjacent to an activating group) is 1. The van der Waals surface area contributed by atoms with Crippen molar-refractivity contribution in [1.29, 1.82) is 0 Å². The SMILES string of the molecule is CCNC(=O)[C@@H](C)N(Cc1cccc(C)c1)C(=O)CCCOc1ccc(OC)cc1. The minimum absolute atomic E-state index is 0.0615. The van der Waals surface area contributed by atoms with Crippen LogP contribution in [0.1, 0.15) is 37.8 Å². The first kappa shape index (κ1) is 23.3. The number of hydrogen-bond acceptors (Lipinski definition) is 4. The molecule has 0 heterocycles. The third-order valence-corrected chi connectivity index (χ3v) is 4.82. The van der Waals surface area contributed by atoms with Crippen molar-refractivity contribution < 1.29 is 19.1 Å². The predicted octanol–water partition coefficient (Wildman–Crippen LogP) is 3.72. The van der Waals surface area contributed by atoms with E-state index in [1.807, 2.05) is 62.4 Å². The average molecular weight is 413 g/mol. The summed E-state index contributed by atoms with van der Waals surface area (Å²) in [5, 5.41) is 2.81. The summed E-state index contributed by atoms with van der Waals surface area (Å²) in [6.07, 6.45) is 0.878. The molecule has 0 saturated carbocycles. The smallest absolute Gasteiger partial charge is 0.242 e. The van der Waals surface area contributed by atoms with Crippen molar-refractivity contribution in [3.8, 4) is 11.5 Å². The molecule has 2 aromatic rings. The summed E-state index contributed by atoms with van der Waals surface area (Å²) in [6, 6.07) is 14.8. The molecule has 0 aliphatic heterocycles. The predicted molar refractivity (Wildman–Crippen MR) is 118 cm³/mol. The Kier molecular flexibility index (Phi) is 9.19. The fourth-order valence-corrected chi connectivity index (χ4v) is 3.14. The molecule has 0 saturated heterocycles. The lowest BCUT2D eigenvalue weighted by atomic mass is 10.1. The lowest BCUT2D eigenvalue weighted by molar-refractivity contribution is -0.140. The summed E-state index contributed by atoms with van der Waals surface area (Å²) >= 11 is 0. The van der Waals surface area contributed by atoms with Crippen LogP contribution in [0.15, 0.2) is 48.5 Å². The first-order valence-electron chi connectivity index (χ1n) is 10.3. The van der Waals surface area contributed by atoms with Gasteiger partial charge in [0.15, 0.2) is 0 Å². The van der Waals surface area contributed by atoms with E-state index in [2.05, 4.69) is 5.32 Å². The van der Waals surface area contributed by atoms with Gasteiger partial charge in [-0.05, 0) is 57.0 Å². The lowest BCUT2D eigenvalue weighted by Crippen LogP contribution is -2.47. The number of ether oxygens (including phenoxy) is 2. The van der Waals surface area contributed by atoms with Crippen molar-refractivity contribution in [2.24, 2.45) is 0 Å². The van der Waals surface area contributed by atoms with Crippen molar-refractivity contribution in [2.75, 3.05) is 20.3 Å². The summed E-state index contributed by atoms with van der Waals surface area (Å²) in [5.41, 5.74) is 2.13. The summed E-state index contributed by atoms with van der Waals surface area (Å²) in [7, 11) is 1.62. The Morgan fingerprint density at radius 2 is 1.80 bits per heavy atom. The van der Waals surface area contributed by atoms with Gasteiger partial charge in [0.25, 0.3) is 0 Å². The third-order valence-electron chi connectivity index (χ3n) is 4.82. The van der Waals surface area contributed by atoms with Crippen LogP contribution in [0.4, 0.5) is 0 Å². The Hall–Kier alpha value is -3.02. The molecule has 1 N–H and O–H groups in total. The van der Waals surface area contributed by atoms with E-state index < -0.39 is 6.04 Å². The molecular formula is C24H32N2O4. The van der Waals surface area contributed by atoms with Crippen LogP contribution in [-0.2, 0) is 16.1 Å². The number of nitrogens with zero attached hydrogens (tertiary/aromatic N) is 1. The highest BCUT2D eigenvalue weighted by atomic mass is 16.5. The summed E-state index contributed by atoms with van der Waals surface area (Å²) in [4.78, 5) is 27.0. The van der Waals surface area contributed by atoms with Gasteiger partial charge < -0.3 is 19.7 Å². The number of carbonyl (C=O) groups is 2. The van der Waals surface area contributed by atoms with Crippen LogP contribution in [0.2, 0.25) is 0 Å². The topological polar surface area (TPSA) is 67.9 Å². The fourth-order valence-electron chi connectivity index (χ4n) is 3.14. The molecule has 0 unspecified atom stereocenters. The molecule has 0 spiro atoms. The maximum Gasteiger partial charge on any atom is 0.242 e. The van der Waals surface area contributed by atoms with E-state index in [0.717, 1.165) is 22.6 Å². The summed E-state index contributed by atoms with van der Waals surface area (Å²) in [6.45, 7) is 7.01. The second-order valence-corrected chi connectivity index (χ2v) is 7.21. The number of aryl methyl sites for hydroxylation is 1. The largest absolute Gasteiger partial charge is 0.497 e. The third kappa shape index (κ3) is 7.10. The maximum atomic E-state index is 13.0. The van der Waals surface area contributed by atoms with Gasteiger partial charge in [0.1, 0.15) is 17.5 Å². The molecule has 0 aromatic heterocycles. The quantitative estimate of drug-likeness (QED) is 0.571. The Bertz CT molecular complexity index is 820. The van der Waals surface area contributed by atoms with Gasteiger partial charge in [0.2, 0.25) is 11.8 Å². The highest BCUT2D eigenvalue weighted by Gasteiger charge is 2.25. The summed E-state index contributed by atoms with van der Waals surface area (Å²) in [5.74, 6) is 1.29. The van der Waals surface area contributed by atoms with Crippen LogP contribution in [0.25, 0.3) is 0 Å². The standard InChI is InChI=1S/C24H32N2O4/c1-5-25-24(28)19(3)26(17-20-9-6-8-18(2)16-20)23(27)10-7-15-30-22-13-11-21(29-4)12-14-22/h6,8-9,11-14,16,19H,5,7,10,15,17H2,1-4H3,(H,25,28)/t19-/m1/s1. The summed E-state index contributed by atoms with van der Waals surface area (Å²) < 4.78 is 10.8. The molecule has 6 heteroatoms. The molecule has 30 heavy (non-hydrogen) atoms. The van der Waals surface area contributed by atoms with Crippen LogP contribution in [0.5, 0.6) is 11.5 Å². The zero-order valence-corrected chi connectivity index (χ0v) is 18.3. The first-order chi connectivity index (χ1) is 14.4. The molecule has 1 atom stereocenters. The number of carbonyl (C=O) groups excluding carboxylic acids is 2. The van der Waals surface area contributed by atoms with Crippen LogP contribution >= 0.6 is 0 Å². The lowest BCUT2D eigenvalue weighted by Gasteiger charge is -2.29. The number of amides is 2. The van der Waals surface area contributed by atoms with E-state index in [1.54, 1.807) is 18.9 Å². The van der Waals surface area contributed by atoms with Gasteiger partial charge >= 0.3 is 0 Å². The Labute approximate surface area is 179 Å². The number of hydrogen-bond donors (Lipinski definition) is 1. The van der Waals surface area contributed by atoms with Gasteiger partial charge in [-0.15, -0.1) is 0 Å². The molecule has 162 valence electrons. The Balaban J connectivity index is 1.95. The molecule has 0 aliphatic rings. The number of methoxy groups -OCH3 is 1. The molecule has 2 rings (SSSR count). The number of rotatable bonds is 11. The van der Waals surface area contributed by atoms with Crippen molar-refractivity contribution in [2.45, 2.75) is 46.2 Å². The molecular weight excluding hydrogens is 380 g/mol. The second kappa shape index (κ2) is 11.9. The first-order valence-corrected chi connectivity index (χ1v) is 10.3. The Morgan fingerprint density at radius 3 is 2.43 bits per heavy atom. The van der Waals surface area contributed by atoms with Crippen LogP contribution in [0, 0.1) is 6.92 Å². The minimum Gasteiger partial charge on any atom is -0.497 e. The molecule has 0 radical (unpaired) electrons. The molecule has 0 aliphatic carbocycles. The van der Waals surface area contributed by atoms with E-state index >= 15 is 0 Å². The highest BCUT2D eigenvalue weighted by molar-refractivity contribution is 5.87. The molecule has 0 bridgehead atoms. The average Bonchev–Trinajstić information content (AvgIpc) is 2.75. The van der Waals surface area contributed by atoms with Gasteiger partial charge in [0, 0.05) is 19.5 Å². The number of nitrogens with one attached hydrogen (secondary N) is 1. The molecule has 0 fully saturated rings. The van der Waals surface area contributed by atoms with E-state index in [9.17, 15) is 9.59 Å². The van der Waals surface area contributed by atoms with Gasteiger partial charge in [0.05, 0.1) is 13.7 Å². The van der Waals surface area contributed by atoms with Crippen molar-refractivity contribution >= 4 is 11.8 Å². The zero-order valence-electron chi connectivity index (χ0n) is 18.3. The van der Waals surface area contributed by atoms with Gasteiger partial charge in [-0.2, -0.15) is 0 Å². The van der Waals surface area contributed by atoms with Gasteiger partial charge in [-0.3, -0.25) is 9.59 Å². The van der Waals surface area contributed by atoms with Crippen LogP contribution in [-0.4, -0.2) is 43.0 Å². The molecule has 6 nitrogen and oxygen atoms in total. The molecule has 2 amide bonds. The second-order valence-electron chi connectivity index (χ2n) is 7.21. The van der Waals surface area contributed by atoms with E-state index in [4.69, 9.17) is 9.47 Å². The van der Waals surface area contributed by atoms with Crippen molar-refractivity contribution in [3.05, 3.63) is 59.7 Å².